The third-order valence-corrected chi connectivity index (χ3v) is 6.24. The van der Waals surface area contributed by atoms with E-state index in [2.05, 4.69) is 28.2 Å². The first-order valence-corrected chi connectivity index (χ1v) is 9.90. The molecule has 3 nitrogen and oxygen atoms in total. The average Bonchev–Trinajstić information content (AvgIpc) is 2.77. The van der Waals surface area contributed by atoms with Crippen LogP contribution in [0, 0.1) is 11.7 Å². The van der Waals surface area contributed by atoms with Crippen molar-refractivity contribution in [2.75, 3.05) is 18.1 Å². The Kier molecular flexibility index (Phi) is 5.80. The maximum absolute atomic E-state index is 14.0. The molecule has 0 spiro atoms. The van der Waals surface area contributed by atoms with Gasteiger partial charge in [0.15, 0.2) is 9.84 Å². The highest BCUT2D eigenvalue weighted by atomic mass is 79.9. The summed E-state index contributed by atoms with van der Waals surface area (Å²) in [5.41, 5.74) is 0.635. The van der Waals surface area contributed by atoms with Crippen LogP contribution < -0.4 is 5.32 Å². The second-order valence-electron chi connectivity index (χ2n) is 5.66. The fourth-order valence-electron chi connectivity index (χ4n) is 2.80. The van der Waals surface area contributed by atoms with Gasteiger partial charge in [-0.1, -0.05) is 28.9 Å². The molecule has 0 aromatic heterocycles. The highest BCUT2D eigenvalue weighted by molar-refractivity contribution is 9.10. The molecule has 1 heterocycles. The second-order valence-corrected chi connectivity index (χ2v) is 8.81. The molecule has 2 atom stereocenters. The van der Waals surface area contributed by atoms with Crippen molar-refractivity contribution < 1.29 is 12.8 Å². The van der Waals surface area contributed by atoms with Crippen LogP contribution in [0.4, 0.5) is 4.39 Å². The Labute approximate surface area is 134 Å². The molecule has 2 rings (SSSR count). The molecule has 118 valence electrons. The van der Waals surface area contributed by atoms with Crippen LogP contribution >= 0.6 is 15.9 Å². The van der Waals surface area contributed by atoms with E-state index in [0.29, 0.717) is 22.9 Å². The molecule has 1 aliphatic rings. The Morgan fingerprint density at radius 2 is 2.24 bits per heavy atom. The number of benzene rings is 1. The Balaban J connectivity index is 2.12. The molecule has 0 saturated carbocycles. The minimum absolute atomic E-state index is 0.0119. The van der Waals surface area contributed by atoms with Crippen LogP contribution in [-0.2, 0) is 16.3 Å². The van der Waals surface area contributed by atoms with E-state index in [0.717, 1.165) is 13.0 Å². The fraction of sp³-hybridized carbons (Fsp3) is 0.600. The molecule has 0 radical (unpaired) electrons. The van der Waals surface area contributed by atoms with E-state index in [1.165, 1.54) is 6.07 Å². The van der Waals surface area contributed by atoms with Crippen LogP contribution in [0.15, 0.2) is 22.7 Å². The van der Waals surface area contributed by atoms with Crippen molar-refractivity contribution in [1.82, 2.24) is 5.32 Å². The SMILES string of the molecule is CCCNC(Cc1ccc(Br)cc1F)C1CCS(=O)(=O)C1. The molecule has 1 fully saturated rings. The van der Waals surface area contributed by atoms with E-state index in [9.17, 15) is 12.8 Å². The highest BCUT2D eigenvalue weighted by Gasteiger charge is 2.33. The smallest absolute Gasteiger partial charge is 0.150 e. The Hall–Kier alpha value is -0.460. The van der Waals surface area contributed by atoms with E-state index in [1.807, 2.05) is 6.07 Å². The maximum Gasteiger partial charge on any atom is 0.150 e. The number of halogens is 2. The molecular formula is C15H21BrFNO2S. The van der Waals surface area contributed by atoms with Crippen molar-refractivity contribution in [2.45, 2.75) is 32.2 Å². The summed E-state index contributed by atoms with van der Waals surface area (Å²) in [6.07, 6.45) is 2.17. The Bertz CT molecular complexity index is 591. The van der Waals surface area contributed by atoms with Crippen LogP contribution in [0.5, 0.6) is 0 Å². The topological polar surface area (TPSA) is 46.2 Å². The molecule has 1 aromatic rings. The molecule has 0 aliphatic carbocycles. The van der Waals surface area contributed by atoms with Gasteiger partial charge in [0, 0.05) is 10.5 Å². The van der Waals surface area contributed by atoms with Gasteiger partial charge in [-0.25, -0.2) is 12.8 Å². The zero-order valence-electron chi connectivity index (χ0n) is 12.1. The maximum atomic E-state index is 14.0. The van der Waals surface area contributed by atoms with Crippen molar-refractivity contribution in [1.29, 1.82) is 0 Å². The number of hydrogen-bond donors (Lipinski definition) is 1. The van der Waals surface area contributed by atoms with E-state index >= 15 is 0 Å². The van der Waals surface area contributed by atoms with Crippen molar-refractivity contribution in [3.05, 3.63) is 34.1 Å². The molecule has 2 unspecified atom stereocenters. The largest absolute Gasteiger partial charge is 0.313 e. The van der Waals surface area contributed by atoms with Gasteiger partial charge in [-0.05, 0) is 49.4 Å². The summed E-state index contributed by atoms with van der Waals surface area (Å²) >= 11 is 3.25. The van der Waals surface area contributed by atoms with Crippen LogP contribution in [-0.4, -0.2) is 32.5 Å². The van der Waals surface area contributed by atoms with Gasteiger partial charge in [0.1, 0.15) is 5.82 Å². The summed E-state index contributed by atoms with van der Waals surface area (Å²) in [5, 5.41) is 3.40. The van der Waals surface area contributed by atoms with E-state index < -0.39 is 9.84 Å². The molecule has 1 saturated heterocycles. The lowest BCUT2D eigenvalue weighted by Crippen LogP contribution is -2.39. The standard InChI is InChI=1S/C15H21BrFNO2S/c1-2-6-18-15(12-5-7-21(19,20)10-12)8-11-3-4-13(16)9-14(11)17/h3-4,9,12,15,18H,2,5-8,10H2,1H3. The zero-order valence-corrected chi connectivity index (χ0v) is 14.5. The van der Waals surface area contributed by atoms with Gasteiger partial charge in [-0.3, -0.25) is 0 Å². The molecule has 1 aromatic carbocycles. The normalized spacial score (nSPS) is 22.3. The monoisotopic (exact) mass is 377 g/mol. The highest BCUT2D eigenvalue weighted by Crippen LogP contribution is 2.25. The lowest BCUT2D eigenvalue weighted by molar-refractivity contribution is 0.375. The average molecular weight is 378 g/mol. The minimum atomic E-state index is -2.92. The lowest BCUT2D eigenvalue weighted by atomic mass is 9.92. The van der Waals surface area contributed by atoms with E-state index in [1.54, 1.807) is 6.07 Å². The summed E-state index contributed by atoms with van der Waals surface area (Å²) in [7, 11) is -2.92. The number of sulfone groups is 1. The van der Waals surface area contributed by atoms with Gasteiger partial charge in [0.25, 0.3) is 0 Å². The first-order chi connectivity index (χ1) is 9.91. The van der Waals surface area contributed by atoms with Crippen LogP contribution in [0.1, 0.15) is 25.3 Å². The van der Waals surface area contributed by atoms with Gasteiger partial charge in [-0.2, -0.15) is 0 Å². The lowest BCUT2D eigenvalue weighted by Gasteiger charge is -2.24. The Morgan fingerprint density at radius 1 is 1.48 bits per heavy atom. The van der Waals surface area contributed by atoms with Gasteiger partial charge >= 0.3 is 0 Å². The molecule has 0 bridgehead atoms. The summed E-state index contributed by atoms with van der Waals surface area (Å²) < 4.78 is 38.1. The van der Waals surface area contributed by atoms with Gasteiger partial charge in [0.2, 0.25) is 0 Å². The summed E-state index contributed by atoms with van der Waals surface area (Å²) in [6.45, 7) is 2.88. The minimum Gasteiger partial charge on any atom is -0.313 e. The van der Waals surface area contributed by atoms with Gasteiger partial charge < -0.3 is 5.32 Å². The second kappa shape index (κ2) is 7.20. The molecule has 0 amide bonds. The quantitative estimate of drug-likeness (QED) is 0.828. The summed E-state index contributed by atoms with van der Waals surface area (Å²) in [4.78, 5) is 0. The van der Waals surface area contributed by atoms with Crippen LogP contribution in [0.2, 0.25) is 0 Å². The molecule has 1 N–H and O–H groups in total. The van der Waals surface area contributed by atoms with Crippen molar-refractivity contribution in [3.8, 4) is 0 Å². The summed E-state index contributed by atoms with van der Waals surface area (Å²) in [5.74, 6) is 0.301. The third kappa shape index (κ3) is 4.76. The van der Waals surface area contributed by atoms with Gasteiger partial charge in [0.05, 0.1) is 11.5 Å². The first-order valence-electron chi connectivity index (χ1n) is 7.29. The number of rotatable bonds is 6. The van der Waals surface area contributed by atoms with E-state index in [-0.39, 0.29) is 29.3 Å². The number of nitrogens with one attached hydrogen (secondary N) is 1. The predicted molar refractivity (Wildman–Crippen MR) is 86.6 cm³/mol. The van der Waals surface area contributed by atoms with Crippen LogP contribution in [0.25, 0.3) is 0 Å². The predicted octanol–water partition coefficient (Wildman–Crippen LogP) is 2.93. The Morgan fingerprint density at radius 3 is 2.81 bits per heavy atom. The van der Waals surface area contributed by atoms with Crippen LogP contribution in [0.3, 0.4) is 0 Å². The van der Waals surface area contributed by atoms with Crippen molar-refractivity contribution >= 4 is 25.8 Å². The molecule has 1 aliphatic heterocycles. The fourth-order valence-corrected chi connectivity index (χ4v) is 5.01. The molecular weight excluding hydrogens is 357 g/mol. The van der Waals surface area contributed by atoms with Crippen molar-refractivity contribution in [2.24, 2.45) is 5.92 Å². The number of hydrogen-bond acceptors (Lipinski definition) is 3. The van der Waals surface area contributed by atoms with Crippen molar-refractivity contribution in [3.63, 3.8) is 0 Å². The van der Waals surface area contributed by atoms with Gasteiger partial charge in [-0.15, -0.1) is 0 Å². The molecule has 6 heteroatoms. The zero-order chi connectivity index (χ0) is 15.5. The summed E-state index contributed by atoms with van der Waals surface area (Å²) in [6, 6.07) is 5.06. The first kappa shape index (κ1) is 16.9. The molecule has 21 heavy (non-hydrogen) atoms. The third-order valence-electron chi connectivity index (χ3n) is 3.95. The van der Waals surface area contributed by atoms with E-state index in [4.69, 9.17) is 0 Å².